The van der Waals surface area contributed by atoms with E-state index < -0.39 is 11.6 Å². The molecule has 0 spiro atoms. The summed E-state index contributed by atoms with van der Waals surface area (Å²) in [4.78, 5) is 24.4. The Morgan fingerprint density at radius 1 is 1.08 bits per heavy atom. The van der Waals surface area contributed by atoms with Crippen LogP contribution in [-0.2, 0) is 4.74 Å². The molecule has 0 atom stereocenters. The van der Waals surface area contributed by atoms with Gasteiger partial charge in [0.05, 0.1) is 12.8 Å². The summed E-state index contributed by atoms with van der Waals surface area (Å²) in [5, 5.41) is 0. The van der Waals surface area contributed by atoms with Crippen LogP contribution in [-0.4, -0.2) is 33.6 Å². The third kappa shape index (κ3) is 3.91. The first-order valence-corrected chi connectivity index (χ1v) is 8.25. The molecule has 2 aromatic heterocycles. The predicted molar refractivity (Wildman–Crippen MR) is 99.0 cm³/mol. The Labute approximate surface area is 152 Å². The van der Waals surface area contributed by atoms with E-state index in [1.807, 2.05) is 57.2 Å². The molecular formula is C20H21N3O3. The summed E-state index contributed by atoms with van der Waals surface area (Å²) >= 11 is 0. The van der Waals surface area contributed by atoms with Gasteiger partial charge < -0.3 is 14.5 Å². The molecule has 2 heterocycles. The van der Waals surface area contributed by atoms with Gasteiger partial charge in [0.15, 0.2) is 5.69 Å². The highest BCUT2D eigenvalue weighted by Crippen LogP contribution is 2.28. The van der Waals surface area contributed by atoms with Gasteiger partial charge in [-0.05, 0) is 45.0 Å². The highest BCUT2D eigenvalue weighted by molar-refractivity contribution is 5.95. The Kier molecular flexibility index (Phi) is 4.75. The molecule has 0 saturated carbocycles. The Hall–Kier alpha value is -3.15. The van der Waals surface area contributed by atoms with Crippen LogP contribution in [0.2, 0.25) is 0 Å². The van der Waals surface area contributed by atoms with Crippen molar-refractivity contribution in [2.24, 2.45) is 0 Å². The smallest absolute Gasteiger partial charge is 0.359 e. The Morgan fingerprint density at radius 3 is 2.46 bits per heavy atom. The number of methoxy groups -OCH3 is 1. The van der Waals surface area contributed by atoms with Crippen LogP contribution in [0.4, 0.5) is 0 Å². The summed E-state index contributed by atoms with van der Waals surface area (Å²) in [5.41, 5.74) is 1.85. The maximum Gasteiger partial charge on any atom is 0.359 e. The van der Waals surface area contributed by atoms with Crippen molar-refractivity contribution in [3.8, 4) is 28.4 Å². The number of hydrogen-bond donors (Lipinski definition) is 1. The number of benzene rings is 1. The number of hydrogen-bond acceptors (Lipinski definition) is 5. The number of nitrogens with one attached hydrogen (secondary N) is 1. The van der Waals surface area contributed by atoms with Gasteiger partial charge in [0.2, 0.25) is 0 Å². The number of nitrogens with zero attached hydrogens (tertiary/aromatic N) is 2. The van der Waals surface area contributed by atoms with Crippen LogP contribution < -0.4 is 4.74 Å². The Balaban J connectivity index is 2.09. The first-order valence-electron chi connectivity index (χ1n) is 8.25. The van der Waals surface area contributed by atoms with Crippen molar-refractivity contribution >= 4 is 5.97 Å². The number of rotatable bonds is 4. The van der Waals surface area contributed by atoms with Crippen molar-refractivity contribution in [2.75, 3.05) is 7.11 Å². The fourth-order valence-electron chi connectivity index (χ4n) is 2.48. The van der Waals surface area contributed by atoms with E-state index in [4.69, 9.17) is 9.47 Å². The second-order valence-corrected chi connectivity index (χ2v) is 6.78. The first-order chi connectivity index (χ1) is 12.4. The maximum atomic E-state index is 12.7. The number of carbonyl (C=O) groups is 1. The van der Waals surface area contributed by atoms with Crippen LogP contribution in [0.25, 0.3) is 22.6 Å². The summed E-state index contributed by atoms with van der Waals surface area (Å²) in [6, 6.07) is 11.1. The number of carbonyl (C=O) groups excluding carboxylic acids is 1. The van der Waals surface area contributed by atoms with Gasteiger partial charge in [0.1, 0.15) is 17.2 Å². The van der Waals surface area contributed by atoms with Crippen molar-refractivity contribution in [3.05, 3.63) is 54.5 Å². The molecule has 0 aliphatic rings. The monoisotopic (exact) mass is 351 g/mol. The molecule has 134 valence electrons. The molecule has 0 aliphatic heterocycles. The van der Waals surface area contributed by atoms with Crippen molar-refractivity contribution in [1.29, 1.82) is 0 Å². The van der Waals surface area contributed by atoms with Gasteiger partial charge in [-0.1, -0.05) is 12.1 Å². The highest BCUT2D eigenvalue weighted by atomic mass is 16.6. The lowest BCUT2D eigenvalue weighted by molar-refractivity contribution is 0.00645. The fourth-order valence-corrected chi connectivity index (χ4v) is 2.48. The normalized spacial score (nSPS) is 11.2. The van der Waals surface area contributed by atoms with Gasteiger partial charge in [0, 0.05) is 23.5 Å². The quantitative estimate of drug-likeness (QED) is 0.716. The molecule has 3 aromatic rings. The molecule has 6 heteroatoms. The number of imidazole rings is 1. The van der Waals surface area contributed by atoms with E-state index in [-0.39, 0.29) is 5.69 Å². The third-order valence-corrected chi connectivity index (χ3v) is 3.61. The highest BCUT2D eigenvalue weighted by Gasteiger charge is 2.25. The van der Waals surface area contributed by atoms with E-state index in [2.05, 4.69) is 15.0 Å². The molecule has 26 heavy (non-hydrogen) atoms. The average Bonchev–Trinajstić information content (AvgIpc) is 3.07. The van der Waals surface area contributed by atoms with Gasteiger partial charge in [-0.3, -0.25) is 4.98 Å². The summed E-state index contributed by atoms with van der Waals surface area (Å²) in [6.07, 6.45) is 3.33. The van der Waals surface area contributed by atoms with E-state index in [0.29, 0.717) is 17.3 Å². The second kappa shape index (κ2) is 7.00. The summed E-state index contributed by atoms with van der Waals surface area (Å²) in [5.74, 6) is 0.800. The minimum absolute atomic E-state index is 0.240. The molecular weight excluding hydrogens is 330 g/mol. The molecule has 0 fully saturated rings. The Morgan fingerprint density at radius 2 is 1.81 bits per heavy atom. The SMILES string of the molecule is COc1cccc(-c2nc(C(=O)OC(C)(C)C)c(-c3ccncc3)[nH]2)c1. The van der Waals surface area contributed by atoms with E-state index >= 15 is 0 Å². The van der Waals surface area contributed by atoms with Crippen molar-refractivity contribution in [2.45, 2.75) is 26.4 Å². The lowest BCUT2D eigenvalue weighted by Crippen LogP contribution is -2.24. The predicted octanol–water partition coefficient (Wildman–Crippen LogP) is 4.10. The van der Waals surface area contributed by atoms with Gasteiger partial charge in [0.25, 0.3) is 0 Å². The zero-order valence-corrected chi connectivity index (χ0v) is 15.2. The first kappa shape index (κ1) is 17.7. The largest absolute Gasteiger partial charge is 0.497 e. The molecule has 1 N–H and O–H groups in total. The molecule has 0 bridgehead atoms. The number of H-pyrrole nitrogens is 1. The minimum Gasteiger partial charge on any atom is -0.497 e. The fraction of sp³-hybridized carbons (Fsp3) is 0.250. The maximum absolute atomic E-state index is 12.7. The lowest BCUT2D eigenvalue weighted by atomic mass is 10.1. The van der Waals surface area contributed by atoms with Crippen LogP contribution in [0.5, 0.6) is 5.75 Å². The van der Waals surface area contributed by atoms with Crippen LogP contribution >= 0.6 is 0 Å². The molecule has 0 saturated heterocycles. The molecule has 6 nitrogen and oxygen atoms in total. The summed E-state index contributed by atoms with van der Waals surface area (Å²) in [6.45, 7) is 5.48. The van der Waals surface area contributed by atoms with Gasteiger partial charge in [-0.2, -0.15) is 0 Å². The van der Waals surface area contributed by atoms with Crippen LogP contribution in [0.1, 0.15) is 31.3 Å². The van der Waals surface area contributed by atoms with E-state index in [9.17, 15) is 4.79 Å². The molecule has 0 amide bonds. The molecule has 1 aromatic carbocycles. The standard InChI is InChI=1S/C20H21N3O3/c1-20(2,3)26-19(24)17-16(13-8-10-21-11-9-13)22-18(23-17)14-6-5-7-15(12-14)25-4/h5-12H,1-4H3,(H,22,23). The van der Waals surface area contributed by atoms with Gasteiger partial charge >= 0.3 is 5.97 Å². The number of esters is 1. The third-order valence-electron chi connectivity index (χ3n) is 3.61. The number of ether oxygens (including phenoxy) is 2. The number of aromatic nitrogens is 3. The molecule has 0 radical (unpaired) electrons. The number of pyridine rings is 1. The van der Waals surface area contributed by atoms with Crippen molar-refractivity contribution in [3.63, 3.8) is 0 Å². The van der Waals surface area contributed by atoms with Crippen LogP contribution in [0, 0.1) is 0 Å². The van der Waals surface area contributed by atoms with Crippen LogP contribution in [0.3, 0.4) is 0 Å². The Bertz CT molecular complexity index is 912. The number of aromatic amines is 1. The van der Waals surface area contributed by atoms with Gasteiger partial charge in [-0.15, -0.1) is 0 Å². The van der Waals surface area contributed by atoms with Gasteiger partial charge in [-0.25, -0.2) is 9.78 Å². The van der Waals surface area contributed by atoms with Crippen molar-refractivity contribution in [1.82, 2.24) is 15.0 Å². The van der Waals surface area contributed by atoms with E-state index in [0.717, 1.165) is 11.1 Å². The van der Waals surface area contributed by atoms with Crippen molar-refractivity contribution < 1.29 is 14.3 Å². The zero-order chi connectivity index (χ0) is 18.7. The second-order valence-electron chi connectivity index (χ2n) is 6.78. The zero-order valence-electron chi connectivity index (χ0n) is 15.2. The molecule has 0 aliphatic carbocycles. The average molecular weight is 351 g/mol. The summed E-state index contributed by atoms with van der Waals surface area (Å²) in [7, 11) is 1.61. The lowest BCUT2D eigenvalue weighted by Gasteiger charge is -2.19. The van der Waals surface area contributed by atoms with Crippen LogP contribution in [0.15, 0.2) is 48.8 Å². The molecule has 3 rings (SSSR count). The summed E-state index contributed by atoms with van der Waals surface area (Å²) < 4.78 is 10.8. The van der Waals surface area contributed by atoms with E-state index in [1.165, 1.54) is 0 Å². The molecule has 0 unspecified atom stereocenters. The van der Waals surface area contributed by atoms with E-state index in [1.54, 1.807) is 19.5 Å². The minimum atomic E-state index is -0.609. The topological polar surface area (TPSA) is 77.1 Å².